The van der Waals surface area contributed by atoms with E-state index in [1.807, 2.05) is 48.5 Å². The predicted molar refractivity (Wildman–Crippen MR) is 99.6 cm³/mol. The fourth-order valence-corrected chi connectivity index (χ4v) is 2.38. The van der Waals surface area contributed by atoms with Crippen molar-refractivity contribution in [2.75, 3.05) is 10.6 Å². The van der Waals surface area contributed by atoms with Gasteiger partial charge in [0, 0.05) is 23.8 Å². The Labute approximate surface area is 147 Å². The molecule has 25 heavy (non-hydrogen) atoms. The summed E-state index contributed by atoms with van der Waals surface area (Å²) < 4.78 is 0. The van der Waals surface area contributed by atoms with Crippen molar-refractivity contribution in [3.8, 4) is 0 Å². The van der Waals surface area contributed by atoms with Gasteiger partial charge in [-0.3, -0.25) is 14.8 Å². The first-order valence-corrected chi connectivity index (χ1v) is 8.24. The van der Waals surface area contributed by atoms with E-state index in [1.54, 1.807) is 18.5 Å². The monoisotopic (exact) mass is 332 g/mol. The molecule has 0 fully saturated rings. The van der Waals surface area contributed by atoms with Crippen molar-refractivity contribution in [3.63, 3.8) is 0 Å². The molecule has 3 aromatic rings. The minimum Gasteiger partial charge on any atom is -0.379 e. The van der Waals surface area contributed by atoms with E-state index in [2.05, 4.69) is 27.5 Å². The van der Waals surface area contributed by atoms with Crippen molar-refractivity contribution < 1.29 is 4.79 Å². The second-order valence-electron chi connectivity index (χ2n) is 5.61. The van der Waals surface area contributed by atoms with Gasteiger partial charge in [-0.1, -0.05) is 25.1 Å². The molecule has 2 heterocycles. The van der Waals surface area contributed by atoms with Gasteiger partial charge in [-0.2, -0.15) is 0 Å². The molecule has 1 aromatic carbocycles. The summed E-state index contributed by atoms with van der Waals surface area (Å²) in [6.07, 6.45) is 4.35. The van der Waals surface area contributed by atoms with Crippen LogP contribution in [0.4, 0.5) is 11.4 Å². The SMILES string of the molecule is CCc1ccc(NC(=O)c2cc(NCc3ccccn3)ccn2)cc1. The highest BCUT2D eigenvalue weighted by Crippen LogP contribution is 2.13. The van der Waals surface area contributed by atoms with Crippen LogP contribution >= 0.6 is 0 Å². The number of hydrogen-bond acceptors (Lipinski definition) is 4. The Bertz CT molecular complexity index is 832. The number of pyridine rings is 2. The number of anilines is 2. The van der Waals surface area contributed by atoms with Gasteiger partial charge < -0.3 is 10.6 Å². The van der Waals surface area contributed by atoms with Gasteiger partial charge in [0.05, 0.1) is 12.2 Å². The zero-order chi connectivity index (χ0) is 17.5. The smallest absolute Gasteiger partial charge is 0.274 e. The van der Waals surface area contributed by atoms with Gasteiger partial charge in [0.2, 0.25) is 0 Å². The van der Waals surface area contributed by atoms with E-state index in [0.717, 1.165) is 23.5 Å². The van der Waals surface area contributed by atoms with Crippen LogP contribution in [0.15, 0.2) is 67.0 Å². The molecule has 5 heteroatoms. The average Bonchev–Trinajstić information content (AvgIpc) is 2.68. The molecule has 3 rings (SSSR count). The summed E-state index contributed by atoms with van der Waals surface area (Å²) in [6.45, 7) is 2.69. The van der Waals surface area contributed by atoms with Crippen molar-refractivity contribution >= 4 is 17.3 Å². The molecule has 5 nitrogen and oxygen atoms in total. The molecular formula is C20H20N4O. The number of nitrogens with zero attached hydrogens (tertiary/aromatic N) is 2. The largest absolute Gasteiger partial charge is 0.379 e. The van der Waals surface area contributed by atoms with E-state index in [1.165, 1.54) is 5.56 Å². The number of carbonyl (C=O) groups excluding carboxylic acids is 1. The number of rotatable bonds is 6. The van der Waals surface area contributed by atoms with Crippen LogP contribution in [0.2, 0.25) is 0 Å². The van der Waals surface area contributed by atoms with Crippen molar-refractivity contribution in [3.05, 3.63) is 83.9 Å². The number of nitrogens with one attached hydrogen (secondary N) is 2. The highest BCUT2D eigenvalue weighted by atomic mass is 16.1. The molecule has 0 unspecified atom stereocenters. The minimum atomic E-state index is -0.231. The summed E-state index contributed by atoms with van der Waals surface area (Å²) in [5, 5.41) is 6.12. The lowest BCUT2D eigenvalue weighted by atomic mass is 10.1. The van der Waals surface area contributed by atoms with E-state index in [9.17, 15) is 4.79 Å². The molecule has 2 N–H and O–H groups in total. The average molecular weight is 332 g/mol. The molecule has 0 aliphatic rings. The molecule has 0 aliphatic heterocycles. The normalized spacial score (nSPS) is 10.3. The lowest BCUT2D eigenvalue weighted by molar-refractivity contribution is 0.102. The van der Waals surface area contributed by atoms with Crippen molar-refractivity contribution in [1.29, 1.82) is 0 Å². The van der Waals surface area contributed by atoms with Crippen molar-refractivity contribution in [2.45, 2.75) is 19.9 Å². The van der Waals surface area contributed by atoms with Crippen LogP contribution < -0.4 is 10.6 Å². The standard InChI is InChI=1S/C20H20N4O/c1-2-15-6-8-16(9-7-15)24-20(25)19-13-17(10-12-22-19)23-14-18-5-3-4-11-21-18/h3-13H,2,14H2,1H3,(H,22,23)(H,24,25). The first-order valence-electron chi connectivity index (χ1n) is 8.24. The minimum absolute atomic E-state index is 0.231. The molecular weight excluding hydrogens is 312 g/mol. The molecule has 0 saturated heterocycles. The van der Waals surface area contributed by atoms with E-state index < -0.39 is 0 Å². The van der Waals surface area contributed by atoms with E-state index in [0.29, 0.717) is 12.2 Å². The number of aryl methyl sites for hydroxylation is 1. The number of amides is 1. The highest BCUT2D eigenvalue weighted by Gasteiger charge is 2.08. The quantitative estimate of drug-likeness (QED) is 0.718. The molecule has 126 valence electrons. The number of aromatic nitrogens is 2. The maximum atomic E-state index is 12.4. The Morgan fingerprint density at radius 3 is 2.52 bits per heavy atom. The summed E-state index contributed by atoms with van der Waals surface area (Å²) in [5.41, 5.74) is 4.12. The Morgan fingerprint density at radius 2 is 1.80 bits per heavy atom. The molecule has 0 radical (unpaired) electrons. The Morgan fingerprint density at radius 1 is 0.960 bits per heavy atom. The zero-order valence-electron chi connectivity index (χ0n) is 14.1. The Hall–Kier alpha value is -3.21. The van der Waals surface area contributed by atoms with Crippen molar-refractivity contribution in [1.82, 2.24) is 9.97 Å². The van der Waals surface area contributed by atoms with Gasteiger partial charge in [-0.05, 0) is 48.4 Å². The third-order valence-corrected chi connectivity index (χ3v) is 3.81. The van der Waals surface area contributed by atoms with Gasteiger partial charge in [-0.15, -0.1) is 0 Å². The molecule has 0 bridgehead atoms. The van der Waals surface area contributed by atoms with Gasteiger partial charge >= 0.3 is 0 Å². The first-order chi connectivity index (χ1) is 12.2. The van der Waals surface area contributed by atoms with Crippen LogP contribution in [0, 0.1) is 0 Å². The fraction of sp³-hybridized carbons (Fsp3) is 0.150. The second-order valence-corrected chi connectivity index (χ2v) is 5.61. The molecule has 2 aromatic heterocycles. The maximum Gasteiger partial charge on any atom is 0.274 e. The first kappa shape index (κ1) is 16.6. The summed E-state index contributed by atoms with van der Waals surface area (Å²) in [6, 6.07) is 17.2. The zero-order valence-corrected chi connectivity index (χ0v) is 14.1. The third kappa shape index (κ3) is 4.64. The number of benzene rings is 1. The lowest BCUT2D eigenvalue weighted by Gasteiger charge is -2.08. The summed E-state index contributed by atoms with van der Waals surface area (Å²) >= 11 is 0. The van der Waals surface area contributed by atoms with E-state index in [4.69, 9.17) is 0 Å². The number of hydrogen-bond donors (Lipinski definition) is 2. The number of carbonyl (C=O) groups is 1. The lowest BCUT2D eigenvalue weighted by Crippen LogP contribution is -2.14. The highest BCUT2D eigenvalue weighted by molar-refractivity contribution is 6.03. The summed E-state index contributed by atoms with van der Waals surface area (Å²) in [5.74, 6) is -0.231. The van der Waals surface area contributed by atoms with Crippen LogP contribution in [0.5, 0.6) is 0 Å². The van der Waals surface area contributed by atoms with E-state index >= 15 is 0 Å². The third-order valence-electron chi connectivity index (χ3n) is 3.81. The molecule has 0 aliphatic carbocycles. The molecule has 0 atom stereocenters. The van der Waals surface area contributed by atoms with Gasteiger partial charge in [0.1, 0.15) is 5.69 Å². The van der Waals surface area contributed by atoms with Gasteiger partial charge in [-0.25, -0.2) is 0 Å². The molecule has 1 amide bonds. The Balaban J connectivity index is 1.64. The van der Waals surface area contributed by atoms with Crippen LogP contribution in [-0.4, -0.2) is 15.9 Å². The fourth-order valence-electron chi connectivity index (χ4n) is 2.38. The van der Waals surface area contributed by atoms with Crippen LogP contribution in [-0.2, 0) is 13.0 Å². The van der Waals surface area contributed by atoms with Crippen LogP contribution in [0.1, 0.15) is 28.7 Å². The summed E-state index contributed by atoms with van der Waals surface area (Å²) in [7, 11) is 0. The van der Waals surface area contributed by atoms with Gasteiger partial charge in [0.25, 0.3) is 5.91 Å². The molecule has 0 saturated carbocycles. The van der Waals surface area contributed by atoms with Crippen molar-refractivity contribution in [2.24, 2.45) is 0 Å². The summed E-state index contributed by atoms with van der Waals surface area (Å²) in [4.78, 5) is 20.8. The Kier molecular flexibility index (Phi) is 5.36. The molecule has 0 spiro atoms. The van der Waals surface area contributed by atoms with Crippen LogP contribution in [0.25, 0.3) is 0 Å². The second kappa shape index (κ2) is 8.06. The topological polar surface area (TPSA) is 66.9 Å². The maximum absolute atomic E-state index is 12.4. The van der Waals surface area contributed by atoms with Gasteiger partial charge in [0.15, 0.2) is 0 Å². The van der Waals surface area contributed by atoms with E-state index in [-0.39, 0.29) is 5.91 Å². The van der Waals surface area contributed by atoms with Crippen LogP contribution in [0.3, 0.4) is 0 Å². The predicted octanol–water partition coefficient (Wildman–Crippen LogP) is 3.90.